The number of hydrogen-bond acceptors (Lipinski definition) is 2. The zero-order valence-corrected chi connectivity index (χ0v) is 13.6. The highest BCUT2D eigenvalue weighted by molar-refractivity contribution is 9.10. The molecule has 0 bridgehead atoms. The fourth-order valence-electron chi connectivity index (χ4n) is 2.26. The lowest BCUT2D eigenvalue weighted by molar-refractivity contribution is 0.643. The van der Waals surface area contributed by atoms with E-state index in [0.717, 1.165) is 17.4 Å². The maximum atomic E-state index is 6.30. The molecule has 0 radical (unpaired) electrons. The lowest BCUT2D eigenvalue weighted by Gasteiger charge is -2.22. The van der Waals surface area contributed by atoms with E-state index in [2.05, 4.69) is 65.1 Å². The number of nitrogens with two attached hydrogens (primary N) is 1. The highest BCUT2D eigenvalue weighted by Gasteiger charge is 2.10. The Labute approximate surface area is 129 Å². The molecule has 0 fully saturated rings. The zero-order chi connectivity index (χ0) is 14.5. The van der Waals surface area contributed by atoms with Gasteiger partial charge in [-0.3, -0.25) is 0 Å². The van der Waals surface area contributed by atoms with Crippen molar-refractivity contribution < 1.29 is 0 Å². The van der Waals surface area contributed by atoms with Crippen LogP contribution in [-0.4, -0.2) is 13.6 Å². The first-order valence-electron chi connectivity index (χ1n) is 6.86. The molecule has 2 nitrogen and oxygen atoms in total. The molecule has 106 valence electrons. The van der Waals surface area contributed by atoms with E-state index in [1.807, 2.05) is 18.2 Å². The van der Waals surface area contributed by atoms with E-state index in [1.54, 1.807) is 0 Å². The van der Waals surface area contributed by atoms with Crippen LogP contribution in [0.1, 0.15) is 23.6 Å². The van der Waals surface area contributed by atoms with Crippen molar-refractivity contribution in [3.63, 3.8) is 0 Å². The first kappa shape index (κ1) is 15.1. The van der Waals surface area contributed by atoms with Gasteiger partial charge < -0.3 is 10.6 Å². The minimum absolute atomic E-state index is 0.0536. The summed E-state index contributed by atoms with van der Waals surface area (Å²) in [5, 5.41) is 0. The van der Waals surface area contributed by atoms with Crippen LogP contribution in [0.25, 0.3) is 0 Å². The molecule has 2 aromatic carbocycles. The molecule has 1 unspecified atom stereocenters. The third-order valence-electron chi connectivity index (χ3n) is 3.52. The van der Waals surface area contributed by atoms with E-state index >= 15 is 0 Å². The lowest BCUT2D eigenvalue weighted by atomic mass is 10.0. The van der Waals surface area contributed by atoms with Gasteiger partial charge in [0.25, 0.3) is 0 Å². The summed E-state index contributed by atoms with van der Waals surface area (Å²) in [5.74, 6) is 0. The van der Waals surface area contributed by atoms with Gasteiger partial charge in [0, 0.05) is 29.8 Å². The van der Waals surface area contributed by atoms with Gasteiger partial charge in [-0.25, -0.2) is 0 Å². The highest BCUT2D eigenvalue weighted by Crippen LogP contribution is 2.24. The van der Waals surface area contributed by atoms with Crippen molar-refractivity contribution in [1.82, 2.24) is 0 Å². The van der Waals surface area contributed by atoms with E-state index in [0.29, 0.717) is 0 Å². The number of nitrogens with zero attached hydrogens (tertiary/aromatic N) is 1. The van der Waals surface area contributed by atoms with Crippen LogP contribution in [0, 0.1) is 6.92 Å². The third kappa shape index (κ3) is 3.84. The molecular weight excluding hydrogens is 312 g/mol. The normalized spacial score (nSPS) is 12.2. The van der Waals surface area contributed by atoms with Crippen molar-refractivity contribution in [2.24, 2.45) is 5.73 Å². The number of benzene rings is 2. The molecular formula is C17H21BrN2. The number of rotatable bonds is 5. The second kappa shape index (κ2) is 6.91. The van der Waals surface area contributed by atoms with Crippen molar-refractivity contribution in [3.05, 3.63) is 64.1 Å². The van der Waals surface area contributed by atoms with Crippen LogP contribution in [0.15, 0.2) is 53.0 Å². The van der Waals surface area contributed by atoms with Gasteiger partial charge in [-0.05, 0) is 42.7 Å². The van der Waals surface area contributed by atoms with E-state index < -0.39 is 0 Å². The number of aryl methyl sites for hydroxylation is 1. The Morgan fingerprint density at radius 3 is 2.60 bits per heavy atom. The summed E-state index contributed by atoms with van der Waals surface area (Å²) in [7, 11) is 2.11. The van der Waals surface area contributed by atoms with Crippen LogP contribution in [-0.2, 0) is 0 Å². The van der Waals surface area contributed by atoms with Crippen molar-refractivity contribution in [3.8, 4) is 0 Å². The van der Waals surface area contributed by atoms with Gasteiger partial charge in [-0.15, -0.1) is 0 Å². The van der Waals surface area contributed by atoms with Crippen molar-refractivity contribution in [1.29, 1.82) is 0 Å². The topological polar surface area (TPSA) is 29.3 Å². The Kier molecular flexibility index (Phi) is 5.21. The minimum Gasteiger partial charge on any atom is -0.375 e. The van der Waals surface area contributed by atoms with Gasteiger partial charge in [0.05, 0.1) is 0 Å². The summed E-state index contributed by atoms with van der Waals surface area (Å²) < 4.78 is 1.09. The fourth-order valence-corrected chi connectivity index (χ4v) is 2.84. The van der Waals surface area contributed by atoms with Crippen LogP contribution in [0.4, 0.5) is 5.69 Å². The minimum atomic E-state index is 0.0536. The van der Waals surface area contributed by atoms with E-state index in [-0.39, 0.29) is 6.04 Å². The molecule has 0 aromatic heterocycles. The molecule has 0 aliphatic heterocycles. The second-order valence-electron chi connectivity index (χ2n) is 5.18. The van der Waals surface area contributed by atoms with E-state index in [1.165, 1.54) is 16.8 Å². The summed E-state index contributed by atoms with van der Waals surface area (Å²) in [6.45, 7) is 3.05. The third-order valence-corrected chi connectivity index (χ3v) is 4.24. The molecule has 0 saturated heterocycles. The van der Waals surface area contributed by atoms with Crippen LogP contribution in [0.2, 0.25) is 0 Å². The van der Waals surface area contributed by atoms with Crippen LogP contribution < -0.4 is 10.6 Å². The molecule has 2 aromatic rings. The van der Waals surface area contributed by atoms with Crippen molar-refractivity contribution >= 4 is 21.6 Å². The molecule has 20 heavy (non-hydrogen) atoms. The fraction of sp³-hybridized carbons (Fsp3) is 0.294. The molecule has 1 atom stereocenters. The van der Waals surface area contributed by atoms with Gasteiger partial charge >= 0.3 is 0 Å². The van der Waals surface area contributed by atoms with Gasteiger partial charge in [0.2, 0.25) is 0 Å². The van der Waals surface area contributed by atoms with Crippen molar-refractivity contribution in [2.75, 3.05) is 18.5 Å². The molecule has 0 amide bonds. The van der Waals surface area contributed by atoms with Gasteiger partial charge in [-0.1, -0.05) is 46.3 Å². The molecule has 0 heterocycles. The molecule has 2 N–H and O–H groups in total. The number of hydrogen-bond donors (Lipinski definition) is 1. The maximum absolute atomic E-state index is 6.30. The SMILES string of the molecule is Cc1cccc(N(C)CCC(N)c2ccccc2Br)c1. The summed E-state index contributed by atoms with van der Waals surface area (Å²) in [6, 6.07) is 16.8. The predicted molar refractivity (Wildman–Crippen MR) is 90.1 cm³/mol. The molecule has 3 heteroatoms. The summed E-state index contributed by atoms with van der Waals surface area (Å²) >= 11 is 3.56. The van der Waals surface area contributed by atoms with Crippen molar-refractivity contribution in [2.45, 2.75) is 19.4 Å². The monoisotopic (exact) mass is 332 g/mol. The quantitative estimate of drug-likeness (QED) is 0.885. The molecule has 0 aliphatic carbocycles. The van der Waals surface area contributed by atoms with E-state index in [4.69, 9.17) is 5.73 Å². The van der Waals surface area contributed by atoms with Crippen LogP contribution in [0.5, 0.6) is 0 Å². The summed E-state index contributed by atoms with van der Waals surface area (Å²) in [4.78, 5) is 2.25. The summed E-state index contributed by atoms with van der Waals surface area (Å²) in [5.41, 5.74) is 9.99. The average molecular weight is 333 g/mol. The number of anilines is 1. The average Bonchev–Trinajstić information content (AvgIpc) is 2.45. The summed E-state index contributed by atoms with van der Waals surface area (Å²) in [6.07, 6.45) is 0.924. The van der Waals surface area contributed by atoms with Crippen LogP contribution >= 0.6 is 15.9 Å². The smallest absolute Gasteiger partial charge is 0.0366 e. The Bertz CT molecular complexity index is 568. The maximum Gasteiger partial charge on any atom is 0.0366 e. The lowest BCUT2D eigenvalue weighted by Crippen LogP contribution is -2.23. The molecule has 0 spiro atoms. The first-order valence-corrected chi connectivity index (χ1v) is 7.65. The van der Waals surface area contributed by atoms with Gasteiger partial charge in [0.1, 0.15) is 0 Å². The predicted octanol–water partition coefficient (Wildman–Crippen LogP) is 4.28. The highest BCUT2D eigenvalue weighted by atomic mass is 79.9. The molecule has 0 aliphatic rings. The first-order chi connectivity index (χ1) is 9.58. The zero-order valence-electron chi connectivity index (χ0n) is 12.0. The van der Waals surface area contributed by atoms with Gasteiger partial charge in [-0.2, -0.15) is 0 Å². The number of halogens is 1. The van der Waals surface area contributed by atoms with Gasteiger partial charge in [0.15, 0.2) is 0 Å². The molecule has 2 rings (SSSR count). The Hall–Kier alpha value is -1.32. The van der Waals surface area contributed by atoms with E-state index in [9.17, 15) is 0 Å². The largest absolute Gasteiger partial charge is 0.375 e. The Balaban J connectivity index is 1.97. The Morgan fingerprint density at radius 1 is 1.15 bits per heavy atom. The van der Waals surface area contributed by atoms with Crippen LogP contribution in [0.3, 0.4) is 0 Å². The second-order valence-corrected chi connectivity index (χ2v) is 6.03. The Morgan fingerprint density at radius 2 is 1.90 bits per heavy atom. The molecule has 0 saturated carbocycles. The standard InChI is InChI=1S/C17H21BrN2/c1-13-6-5-7-14(12-13)20(2)11-10-17(19)15-8-3-4-9-16(15)18/h3-9,12,17H,10-11,19H2,1-2H3.